The van der Waals surface area contributed by atoms with Gasteiger partial charge in [-0.25, -0.2) is 4.98 Å². The van der Waals surface area contributed by atoms with Gasteiger partial charge in [-0.15, -0.1) is 11.3 Å². The number of aryl methyl sites for hydroxylation is 1. The first-order valence-corrected chi connectivity index (χ1v) is 6.85. The van der Waals surface area contributed by atoms with Crippen LogP contribution in [0.1, 0.15) is 30.3 Å². The van der Waals surface area contributed by atoms with Crippen molar-refractivity contribution in [2.24, 2.45) is 5.92 Å². The van der Waals surface area contributed by atoms with Crippen molar-refractivity contribution in [1.29, 1.82) is 0 Å². The highest BCUT2D eigenvalue weighted by Crippen LogP contribution is 2.30. The molecule has 0 saturated carbocycles. The number of hydrogen-bond donors (Lipinski definition) is 2. The van der Waals surface area contributed by atoms with Crippen molar-refractivity contribution in [3.8, 4) is 0 Å². The van der Waals surface area contributed by atoms with Crippen molar-refractivity contribution in [3.05, 3.63) is 34.2 Å². The Morgan fingerprint density at radius 2 is 2.17 bits per heavy atom. The van der Waals surface area contributed by atoms with Gasteiger partial charge < -0.3 is 11.1 Å². The zero-order valence-corrected chi connectivity index (χ0v) is 11.7. The summed E-state index contributed by atoms with van der Waals surface area (Å²) >= 11 is 1.75. The first-order valence-electron chi connectivity index (χ1n) is 5.97. The van der Waals surface area contributed by atoms with E-state index in [1.54, 1.807) is 17.5 Å². The third kappa shape index (κ3) is 2.79. The van der Waals surface area contributed by atoms with Crippen LogP contribution in [0.4, 0.5) is 11.8 Å². The molecule has 0 aliphatic carbocycles. The first-order chi connectivity index (χ1) is 8.58. The monoisotopic (exact) mass is 262 g/mol. The lowest BCUT2D eigenvalue weighted by Gasteiger charge is -2.22. The lowest BCUT2D eigenvalue weighted by molar-refractivity contribution is 0.551. The summed E-state index contributed by atoms with van der Waals surface area (Å²) in [7, 11) is 0. The molecule has 4 nitrogen and oxygen atoms in total. The summed E-state index contributed by atoms with van der Waals surface area (Å²) in [5.41, 5.74) is 6.64. The zero-order chi connectivity index (χ0) is 13.1. The van der Waals surface area contributed by atoms with E-state index in [2.05, 4.69) is 46.6 Å². The minimum Gasteiger partial charge on any atom is -0.368 e. The van der Waals surface area contributed by atoms with E-state index in [1.165, 1.54) is 4.88 Å². The molecule has 96 valence electrons. The minimum atomic E-state index is 0.248. The lowest BCUT2D eigenvalue weighted by atomic mass is 10.0. The van der Waals surface area contributed by atoms with E-state index in [0.29, 0.717) is 11.9 Å². The van der Waals surface area contributed by atoms with Crippen LogP contribution < -0.4 is 11.1 Å². The fraction of sp³-hybridized carbons (Fsp3) is 0.385. The van der Waals surface area contributed by atoms with Gasteiger partial charge in [-0.2, -0.15) is 4.98 Å². The molecule has 0 bridgehead atoms. The van der Waals surface area contributed by atoms with Gasteiger partial charge >= 0.3 is 0 Å². The molecule has 2 heterocycles. The molecule has 18 heavy (non-hydrogen) atoms. The first kappa shape index (κ1) is 12.8. The molecule has 5 heteroatoms. The van der Waals surface area contributed by atoms with Crippen LogP contribution in [0.15, 0.2) is 23.7 Å². The number of hydrogen-bond acceptors (Lipinski definition) is 5. The lowest BCUT2D eigenvalue weighted by Crippen LogP contribution is -2.17. The van der Waals surface area contributed by atoms with E-state index in [-0.39, 0.29) is 6.04 Å². The maximum Gasteiger partial charge on any atom is 0.221 e. The second-order valence-electron chi connectivity index (χ2n) is 4.64. The number of anilines is 2. The summed E-state index contributed by atoms with van der Waals surface area (Å²) in [6, 6.07) is 4.46. The van der Waals surface area contributed by atoms with Crippen LogP contribution in [0.2, 0.25) is 0 Å². The second-order valence-corrected chi connectivity index (χ2v) is 5.62. The van der Waals surface area contributed by atoms with E-state index in [1.807, 2.05) is 6.92 Å². The fourth-order valence-electron chi connectivity index (χ4n) is 1.78. The zero-order valence-electron chi connectivity index (χ0n) is 10.8. The molecule has 2 aromatic heterocycles. The van der Waals surface area contributed by atoms with E-state index in [9.17, 15) is 0 Å². The van der Waals surface area contributed by atoms with Gasteiger partial charge in [0.25, 0.3) is 0 Å². The van der Waals surface area contributed by atoms with Crippen LogP contribution in [-0.2, 0) is 0 Å². The van der Waals surface area contributed by atoms with Gasteiger partial charge in [0, 0.05) is 16.6 Å². The van der Waals surface area contributed by atoms with Crippen LogP contribution in [0.25, 0.3) is 0 Å². The maximum absolute atomic E-state index is 5.64. The van der Waals surface area contributed by atoms with Gasteiger partial charge in [-0.3, -0.25) is 0 Å². The molecule has 0 aliphatic rings. The summed E-state index contributed by atoms with van der Waals surface area (Å²) in [4.78, 5) is 9.56. The van der Waals surface area contributed by atoms with Crippen molar-refractivity contribution in [1.82, 2.24) is 9.97 Å². The topological polar surface area (TPSA) is 63.8 Å². The van der Waals surface area contributed by atoms with E-state index < -0.39 is 0 Å². The Kier molecular flexibility index (Phi) is 3.81. The Bertz CT molecular complexity index is 508. The van der Waals surface area contributed by atoms with Crippen LogP contribution in [-0.4, -0.2) is 9.97 Å². The van der Waals surface area contributed by atoms with Gasteiger partial charge in [-0.05, 0) is 24.3 Å². The highest BCUT2D eigenvalue weighted by molar-refractivity contribution is 7.10. The van der Waals surface area contributed by atoms with Gasteiger partial charge in [0.15, 0.2) is 0 Å². The number of nitrogens with zero attached hydrogens (tertiary/aromatic N) is 2. The second kappa shape index (κ2) is 5.35. The van der Waals surface area contributed by atoms with Crippen molar-refractivity contribution >= 4 is 23.1 Å². The third-order valence-corrected chi connectivity index (χ3v) is 3.75. The van der Waals surface area contributed by atoms with E-state index in [4.69, 9.17) is 5.73 Å². The Hall–Kier alpha value is -1.62. The molecule has 1 unspecified atom stereocenters. The SMILES string of the molecule is Cc1cnc(N)nc1NC(c1cccs1)C(C)C. The van der Waals surface area contributed by atoms with Crippen molar-refractivity contribution < 1.29 is 0 Å². The molecule has 3 N–H and O–H groups in total. The Balaban J connectivity index is 2.27. The Morgan fingerprint density at radius 1 is 1.39 bits per heavy atom. The molecule has 0 amide bonds. The van der Waals surface area contributed by atoms with Crippen molar-refractivity contribution in [2.75, 3.05) is 11.1 Å². The van der Waals surface area contributed by atoms with E-state index >= 15 is 0 Å². The molecule has 1 atom stereocenters. The summed E-state index contributed by atoms with van der Waals surface area (Å²) < 4.78 is 0. The molecule has 0 aliphatic heterocycles. The molecule has 0 radical (unpaired) electrons. The van der Waals surface area contributed by atoms with Crippen molar-refractivity contribution in [3.63, 3.8) is 0 Å². The Morgan fingerprint density at radius 3 is 2.78 bits per heavy atom. The molecule has 0 spiro atoms. The van der Waals surface area contributed by atoms with Gasteiger partial charge in [0.1, 0.15) is 5.82 Å². The largest absolute Gasteiger partial charge is 0.368 e. The molecular weight excluding hydrogens is 244 g/mol. The molecule has 2 rings (SSSR count). The van der Waals surface area contributed by atoms with Gasteiger partial charge in [0.05, 0.1) is 6.04 Å². The van der Waals surface area contributed by atoms with Crippen LogP contribution in [0, 0.1) is 12.8 Å². The number of nitrogens with one attached hydrogen (secondary N) is 1. The van der Waals surface area contributed by atoms with Crippen LogP contribution >= 0.6 is 11.3 Å². The summed E-state index contributed by atoms with van der Waals surface area (Å²) in [6.07, 6.45) is 1.75. The van der Waals surface area contributed by atoms with Gasteiger partial charge in [-0.1, -0.05) is 19.9 Å². The highest BCUT2D eigenvalue weighted by Gasteiger charge is 2.18. The summed E-state index contributed by atoms with van der Waals surface area (Å²) in [6.45, 7) is 6.36. The predicted molar refractivity (Wildman–Crippen MR) is 76.7 cm³/mol. The number of rotatable bonds is 4. The number of thiophene rings is 1. The molecule has 0 saturated heterocycles. The minimum absolute atomic E-state index is 0.248. The molecule has 2 aromatic rings. The molecule has 0 fully saturated rings. The number of aromatic nitrogens is 2. The maximum atomic E-state index is 5.64. The molecular formula is C13H18N4S. The average molecular weight is 262 g/mol. The third-order valence-electron chi connectivity index (χ3n) is 2.80. The van der Waals surface area contributed by atoms with Crippen LogP contribution in [0.3, 0.4) is 0 Å². The highest BCUT2D eigenvalue weighted by atomic mass is 32.1. The van der Waals surface area contributed by atoms with Crippen molar-refractivity contribution in [2.45, 2.75) is 26.8 Å². The molecule has 0 aromatic carbocycles. The normalized spacial score (nSPS) is 12.7. The van der Waals surface area contributed by atoms with Gasteiger partial charge in [0.2, 0.25) is 5.95 Å². The fourth-order valence-corrected chi connectivity index (χ4v) is 2.73. The predicted octanol–water partition coefficient (Wildman–Crippen LogP) is 3.24. The average Bonchev–Trinajstić information content (AvgIpc) is 2.83. The number of nitrogen functional groups attached to an aromatic ring is 1. The quantitative estimate of drug-likeness (QED) is 0.888. The number of nitrogens with two attached hydrogens (primary N) is 1. The van der Waals surface area contributed by atoms with E-state index in [0.717, 1.165) is 11.4 Å². The standard InChI is InChI=1S/C13H18N4S/c1-8(2)11(10-5-4-6-18-10)16-12-9(3)7-15-13(14)17-12/h4-8,11H,1-3H3,(H3,14,15,16,17). The Labute approximate surface area is 111 Å². The smallest absolute Gasteiger partial charge is 0.221 e. The van der Waals surface area contributed by atoms with Crippen LogP contribution in [0.5, 0.6) is 0 Å². The summed E-state index contributed by atoms with van der Waals surface area (Å²) in [5.74, 6) is 1.59. The summed E-state index contributed by atoms with van der Waals surface area (Å²) in [5, 5.41) is 5.56.